The Labute approximate surface area is 100 Å². The van der Waals surface area contributed by atoms with E-state index in [1.54, 1.807) is 6.92 Å². The van der Waals surface area contributed by atoms with Gasteiger partial charge in [0.05, 0.1) is 0 Å². The van der Waals surface area contributed by atoms with Crippen molar-refractivity contribution in [3.8, 4) is 0 Å². The van der Waals surface area contributed by atoms with E-state index >= 15 is 0 Å². The summed E-state index contributed by atoms with van der Waals surface area (Å²) < 4.78 is 0. The van der Waals surface area contributed by atoms with Gasteiger partial charge in [-0.2, -0.15) is 0 Å². The zero-order valence-corrected chi connectivity index (χ0v) is 10.6. The van der Waals surface area contributed by atoms with Crippen molar-refractivity contribution in [1.29, 1.82) is 0 Å². The topological polar surface area (TPSA) is 46.3 Å². The molecule has 1 aromatic rings. The van der Waals surface area contributed by atoms with E-state index in [1.807, 2.05) is 11.0 Å². The van der Waals surface area contributed by atoms with Crippen LogP contribution in [-0.4, -0.2) is 11.9 Å². The van der Waals surface area contributed by atoms with E-state index < -0.39 is 0 Å². The Morgan fingerprint density at radius 3 is 2.81 bits per heavy atom. The zero-order chi connectivity index (χ0) is 11.9. The summed E-state index contributed by atoms with van der Waals surface area (Å²) in [7, 11) is 0. The van der Waals surface area contributed by atoms with Crippen LogP contribution in [0.2, 0.25) is 0 Å². The molecule has 1 aromatic carbocycles. The van der Waals surface area contributed by atoms with Gasteiger partial charge < -0.3 is 4.90 Å². The van der Waals surface area contributed by atoms with Gasteiger partial charge in [-0.15, -0.1) is 0 Å². The number of fused-ring (bicyclic) bond motifs is 1. The summed E-state index contributed by atoms with van der Waals surface area (Å²) in [6, 6.07) is 4.43. The molecule has 1 unspecified atom stereocenters. The minimum absolute atomic E-state index is 0.100. The molecule has 0 radical (unpaired) electrons. The SMILES string of the molecule is CC(=O)N1c2cc(SN)c(C)cc2CC1C. The van der Waals surface area contributed by atoms with Crippen molar-refractivity contribution in [2.24, 2.45) is 5.14 Å². The van der Waals surface area contributed by atoms with Gasteiger partial charge in [-0.1, -0.05) is 6.07 Å². The third-order valence-corrected chi connectivity index (χ3v) is 3.75. The molecule has 4 heteroatoms. The van der Waals surface area contributed by atoms with E-state index in [-0.39, 0.29) is 11.9 Å². The first-order valence-electron chi connectivity index (χ1n) is 5.34. The molecule has 0 spiro atoms. The highest BCUT2D eigenvalue weighted by molar-refractivity contribution is 7.97. The smallest absolute Gasteiger partial charge is 0.224 e. The first-order chi connectivity index (χ1) is 7.54. The maximum absolute atomic E-state index is 11.6. The van der Waals surface area contributed by atoms with Crippen molar-refractivity contribution < 1.29 is 4.79 Å². The van der Waals surface area contributed by atoms with Crippen LogP contribution < -0.4 is 10.0 Å². The predicted molar refractivity (Wildman–Crippen MR) is 67.5 cm³/mol. The first-order valence-corrected chi connectivity index (χ1v) is 6.22. The molecule has 3 nitrogen and oxygen atoms in total. The number of aryl methyl sites for hydroxylation is 1. The van der Waals surface area contributed by atoms with Crippen LogP contribution in [0.15, 0.2) is 17.0 Å². The van der Waals surface area contributed by atoms with Gasteiger partial charge in [0.25, 0.3) is 0 Å². The second kappa shape index (κ2) is 4.11. The quantitative estimate of drug-likeness (QED) is 0.761. The number of rotatable bonds is 1. The van der Waals surface area contributed by atoms with Crippen molar-refractivity contribution >= 4 is 23.5 Å². The van der Waals surface area contributed by atoms with E-state index in [2.05, 4.69) is 19.9 Å². The highest BCUT2D eigenvalue weighted by atomic mass is 32.2. The maximum Gasteiger partial charge on any atom is 0.224 e. The van der Waals surface area contributed by atoms with Crippen LogP contribution in [0.1, 0.15) is 25.0 Å². The number of hydrogen-bond donors (Lipinski definition) is 1. The van der Waals surface area contributed by atoms with Gasteiger partial charge in [0, 0.05) is 23.5 Å². The van der Waals surface area contributed by atoms with Gasteiger partial charge in [-0.05, 0) is 49.4 Å². The van der Waals surface area contributed by atoms with Gasteiger partial charge in [0.2, 0.25) is 5.91 Å². The third kappa shape index (κ3) is 1.72. The average Bonchev–Trinajstić information content (AvgIpc) is 2.51. The van der Waals surface area contributed by atoms with Crippen molar-refractivity contribution in [1.82, 2.24) is 0 Å². The van der Waals surface area contributed by atoms with Gasteiger partial charge in [0.15, 0.2) is 0 Å². The maximum atomic E-state index is 11.6. The van der Waals surface area contributed by atoms with E-state index in [0.29, 0.717) is 0 Å². The molecule has 1 atom stereocenters. The fourth-order valence-electron chi connectivity index (χ4n) is 2.38. The van der Waals surface area contributed by atoms with Crippen LogP contribution in [-0.2, 0) is 11.2 Å². The van der Waals surface area contributed by atoms with Crippen LogP contribution >= 0.6 is 11.9 Å². The summed E-state index contributed by atoms with van der Waals surface area (Å²) in [4.78, 5) is 14.5. The first kappa shape index (κ1) is 11.5. The molecule has 2 N–H and O–H groups in total. The Balaban J connectivity index is 2.52. The molecule has 0 fully saturated rings. The molecular weight excluding hydrogens is 220 g/mol. The second-order valence-corrected chi connectivity index (χ2v) is 4.98. The Kier molecular flexibility index (Phi) is 2.95. The summed E-state index contributed by atoms with van der Waals surface area (Å²) in [5, 5.41) is 5.61. The Hall–Kier alpha value is -1.00. The van der Waals surface area contributed by atoms with Crippen molar-refractivity contribution in [3.05, 3.63) is 23.3 Å². The number of nitrogens with two attached hydrogens (primary N) is 1. The van der Waals surface area contributed by atoms with Crippen molar-refractivity contribution in [2.75, 3.05) is 4.90 Å². The number of anilines is 1. The molecule has 1 heterocycles. The molecule has 16 heavy (non-hydrogen) atoms. The summed E-state index contributed by atoms with van der Waals surface area (Å²) in [6.45, 7) is 5.74. The lowest BCUT2D eigenvalue weighted by atomic mass is 10.1. The number of carbonyl (C=O) groups excluding carboxylic acids is 1. The van der Waals surface area contributed by atoms with E-state index in [1.165, 1.54) is 23.1 Å². The molecule has 0 aliphatic carbocycles. The lowest BCUT2D eigenvalue weighted by Crippen LogP contribution is -2.33. The highest BCUT2D eigenvalue weighted by Crippen LogP contribution is 2.36. The summed E-state index contributed by atoms with van der Waals surface area (Å²) >= 11 is 1.24. The van der Waals surface area contributed by atoms with Crippen LogP contribution in [0.25, 0.3) is 0 Å². The number of benzene rings is 1. The lowest BCUT2D eigenvalue weighted by molar-refractivity contribution is -0.116. The minimum Gasteiger partial charge on any atom is -0.309 e. The fourth-order valence-corrected chi connectivity index (χ4v) is 2.80. The number of nitrogens with zero attached hydrogens (tertiary/aromatic N) is 1. The van der Waals surface area contributed by atoms with Gasteiger partial charge >= 0.3 is 0 Å². The third-order valence-electron chi connectivity index (χ3n) is 3.06. The fraction of sp³-hybridized carbons (Fsp3) is 0.417. The molecule has 2 rings (SSSR count). The molecule has 0 bridgehead atoms. The number of hydrogen-bond acceptors (Lipinski definition) is 3. The standard InChI is InChI=1S/C12H16N2OS/c1-7-4-10-5-8(2)14(9(3)15)11(10)6-12(7)16-13/h4,6,8H,5,13H2,1-3H3. The van der Waals surface area contributed by atoms with Crippen molar-refractivity contribution in [2.45, 2.75) is 38.1 Å². The number of amides is 1. The lowest BCUT2D eigenvalue weighted by Gasteiger charge is -2.21. The summed E-state index contributed by atoms with van der Waals surface area (Å²) in [6.07, 6.45) is 0.936. The highest BCUT2D eigenvalue weighted by Gasteiger charge is 2.29. The Bertz CT molecular complexity index is 445. The van der Waals surface area contributed by atoms with E-state index in [0.717, 1.165) is 17.0 Å². The van der Waals surface area contributed by atoms with E-state index in [4.69, 9.17) is 5.14 Å². The zero-order valence-electron chi connectivity index (χ0n) is 9.78. The Morgan fingerprint density at radius 2 is 2.25 bits per heavy atom. The van der Waals surface area contributed by atoms with Crippen LogP contribution in [0, 0.1) is 6.92 Å². The van der Waals surface area contributed by atoms with Gasteiger partial charge in [-0.3, -0.25) is 9.93 Å². The largest absolute Gasteiger partial charge is 0.309 e. The van der Waals surface area contributed by atoms with Crippen LogP contribution in [0.3, 0.4) is 0 Å². The molecule has 1 amide bonds. The monoisotopic (exact) mass is 236 g/mol. The van der Waals surface area contributed by atoms with Crippen LogP contribution in [0.5, 0.6) is 0 Å². The van der Waals surface area contributed by atoms with Crippen LogP contribution in [0.4, 0.5) is 5.69 Å². The molecule has 1 aliphatic heterocycles. The summed E-state index contributed by atoms with van der Waals surface area (Å²) in [5.41, 5.74) is 3.46. The molecular formula is C12H16N2OS. The number of carbonyl (C=O) groups is 1. The minimum atomic E-state index is 0.100. The molecule has 0 saturated carbocycles. The molecule has 0 aromatic heterocycles. The molecule has 86 valence electrons. The summed E-state index contributed by atoms with van der Waals surface area (Å²) in [5.74, 6) is 0.100. The van der Waals surface area contributed by atoms with Gasteiger partial charge in [-0.25, -0.2) is 0 Å². The predicted octanol–water partition coefficient (Wildman–Crippen LogP) is 2.26. The van der Waals surface area contributed by atoms with E-state index in [9.17, 15) is 4.79 Å². The normalized spacial score (nSPS) is 18.8. The average molecular weight is 236 g/mol. The second-order valence-electron chi connectivity index (χ2n) is 4.31. The van der Waals surface area contributed by atoms with Gasteiger partial charge in [0.1, 0.15) is 0 Å². The molecule has 0 saturated heterocycles. The Morgan fingerprint density at radius 1 is 1.56 bits per heavy atom. The van der Waals surface area contributed by atoms with Crippen molar-refractivity contribution in [3.63, 3.8) is 0 Å². The molecule has 1 aliphatic rings.